The molecule has 8 atom stereocenters. The minimum Gasteiger partial charge on any atom is -0.394 e. The van der Waals surface area contributed by atoms with E-state index >= 15 is 0 Å². The number of carbonyl (C=O) groups is 4. The lowest BCUT2D eigenvalue weighted by atomic mass is 9.54. The highest BCUT2D eigenvalue weighted by atomic mass is 33.1. The van der Waals surface area contributed by atoms with Crippen LogP contribution in [0.3, 0.4) is 0 Å². The highest BCUT2D eigenvalue weighted by Crippen LogP contribution is 2.74. The molecule has 47 heavy (non-hydrogen) atoms. The Labute approximate surface area is 287 Å². The summed E-state index contributed by atoms with van der Waals surface area (Å²) >= 11 is 0. The number of fused-ring (bicyclic) bond motifs is 9. The van der Waals surface area contributed by atoms with Gasteiger partial charge in [0.25, 0.3) is 11.8 Å². The van der Waals surface area contributed by atoms with Gasteiger partial charge >= 0.3 is 0 Å². The van der Waals surface area contributed by atoms with Gasteiger partial charge in [-0.15, -0.1) is 0 Å². The van der Waals surface area contributed by atoms with E-state index in [0.29, 0.717) is 19.4 Å². The molecule has 1 spiro atoms. The van der Waals surface area contributed by atoms with Gasteiger partial charge in [0.2, 0.25) is 10.8 Å². The van der Waals surface area contributed by atoms with Gasteiger partial charge in [0.05, 0.1) is 29.8 Å². The zero-order valence-corrected chi connectivity index (χ0v) is 28.9. The molecule has 6 saturated heterocycles. The van der Waals surface area contributed by atoms with Crippen molar-refractivity contribution in [1.29, 1.82) is 0 Å². The van der Waals surface area contributed by atoms with Crippen LogP contribution in [0.15, 0.2) is 48.5 Å². The Morgan fingerprint density at radius 2 is 1.55 bits per heavy atom. The number of aliphatic hydroxyl groups is 2. The second-order valence-electron chi connectivity index (χ2n) is 13.6. The number of likely N-dealkylation sites (tertiary alicyclic amines) is 1. The van der Waals surface area contributed by atoms with Crippen LogP contribution in [0.5, 0.6) is 0 Å². The summed E-state index contributed by atoms with van der Waals surface area (Å²) in [6, 6.07) is 16.0. The zero-order valence-electron chi connectivity index (χ0n) is 25.6. The molecule has 8 aliphatic heterocycles. The fraction of sp³-hybridized carbons (Fsp3) is 0.500. The third kappa shape index (κ3) is 3.21. The van der Waals surface area contributed by atoms with E-state index < -0.39 is 56.8 Å². The number of rotatable bonds is 4. The van der Waals surface area contributed by atoms with Crippen molar-refractivity contribution in [2.24, 2.45) is 5.92 Å². The molecule has 246 valence electrons. The lowest BCUT2D eigenvalue weighted by molar-refractivity contribution is -0.166. The van der Waals surface area contributed by atoms with E-state index in [2.05, 4.69) is 22.8 Å². The average Bonchev–Trinajstić information content (AvgIpc) is 3.80. The van der Waals surface area contributed by atoms with Gasteiger partial charge < -0.3 is 30.6 Å². The molecule has 0 radical (unpaired) electrons. The monoisotopic (exact) mass is 711 g/mol. The molecule has 15 heteroatoms. The Bertz CT molecular complexity index is 1800. The van der Waals surface area contributed by atoms with Gasteiger partial charge in [-0.2, -0.15) is 0 Å². The molecule has 2 bridgehead atoms. The van der Waals surface area contributed by atoms with Crippen LogP contribution in [0.4, 0.5) is 11.4 Å². The third-order valence-electron chi connectivity index (χ3n) is 12.1. The number of para-hydroxylation sites is 2. The van der Waals surface area contributed by atoms with Crippen LogP contribution < -0.4 is 10.6 Å². The number of aliphatic hydroxyl groups excluding tert-OH is 2. The summed E-state index contributed by atoms with van der Waals surface area (Å²) in [5.74, 6) is -1.27. The number of likely N-dealkylation sites (N-methyl/N-ethyl adjacent to an activating group) is 1. The summed E-state index contributed by atoms with van der Waals surface area (Å²) in [4.78, 5) is 59.2. The van der Waals surface area contributed by atoms with Crippen LogP contribution in [0.1, 0.15) is 30.9 Å². The lowest BCUT2D eigenvalue weighted by Crippen LogP contribution is -2.77. The second-order valence-corrected chi connectivity index (χ2v) is 18.9. The third-order valence-corrected chi connectivity index (χ3v) is 18.8. The summed E-state index contributed by atoms with van der Waals surface area (Å²) in [5.41, 5.74) is 2.01. The Morgan fingerprint density at radius 1 is 0.894 bits per heavy atom. The number of Topliss-reactive ketones (excluding diaryl/α,β-unsaturated/α-hetero) is 1. The summed E-state index contributed by atoms with van der Waals surface area (Å²) in [6.45, 7) is 1.11. The topological polar surface area (TPSA) is 143 Å². The first kappa shape index (κ1) is 30.5. The van der Waals surface area contributed by atoms with E-state index in [1.54, 1.807) is 18.9 Å². The van der Waals surface area contributed by atoms with E-state index in [1.807, 2.05) is 41.3 Å². The first-order valence-electron chi connectivity index (χ1n) is 15.7. The van der Waals surface area contributed by atoms with Crippen molar-refractivity contribution in [3.63, 3.8) is 0 Å². The van der Waals surface area contributed by atoms with Crippen molar-refractivity contribution < 1.29 is 29.4 Å². The smallest absolute Gasteiger partial charge is 0.265 e. The second kappa shape index (κ2) is 9.78. The van der Waals surface area contributed by atoms with Crippen molar-refractivity contribution in [2.45, 2.75) is 57.4 Å². The van der Waals surface area contributed by atoms with Crippen molar-refractivity contribution in [3.8, 4) is 0 Å². The van der Waals surface area contributed by atoms with Crippen LogP contribution in [0.25, 0.3) is 0 Å². The van der Waals surface area contributed by atoms with Gasteiger partial charge in [-0.3, -0.25) is 24.1 Å². The molecule has 2 aromatic carbocycles. The molecule has 6 fully saturated rings. The van der Waals surface area contributed by atoms with Gasteiger partial charge in [0.15, 0.2) is 4.87 Å². The Hall–Kier alpha value is -2.56. The van der Waals surface area contributed by atoms with Gasteiger partial charge in [-0.1, -0.05) is 75.7 Å². The molecule has 11 nitrogen and oxygen atoms in total. The van der Waals surface area contributed by atoms with E-state index in [4.69, 9.17) is 0 Å². The fourth-order valence-electron chi connectivity index (χ4n) is 9.69. The first-order valence-corrected chi connectivity index (χ1v) is 20.1. The largest absolute Gasteiger partial charge is 0.394 e. The fourth-order valence-corrected chi connectivity index (χ4v) is 16.4. The van der Waals surface area contributed by atoms with Gasteiger partial charge in [-0.05, 0) is 40.5 Å². The number of nitrogens with zero attached hydrogens (tertiary/aromatic N) is 3. The Kier molecular flexibility index (Phi) is 6.35. The molecular formula is C32H33N5O6S4. The Balaban J connectivity index is 1.27. The van der Waals surface area contributed by atoms with Crippen molar-refractivity contribution in [2.75, 3.05) is 43.2 Å². The minimum atomic E-state index is -1.44. The van der Waals surface area contributed by atoms with Gasteiger partial charge in [0, 0.05) is 37.3 Å². The summed E-state index contributed by atoms with van der Waals surface area (Å²) in [5, 5.41) is 28.8. The van der Waals surface area contributed by atoms with Gasteiger partial charge in [-0.25, -0.2) is 0 Å². The van der Waals surface area contributed by atoms with Crippen molar-refractivity contribution in [3.05, 3.63) is 59.7 Å². The number of ketones is 1. The molecule has 10 rings (SSSR count). The van der Waals surface area contributed by atoms with Crippen LogP contribution >= 0.6 is 43.2 Å². The minimum absolute atomic E-state index is 0.0621. The number of benzene rings is 2. The molecule has 3 amide bonds. The number of piperazine rings is 1. The molecule has 0 aromatic heterocycles. The number of nitrogens with one attached hydrogen (secondary N) is 2. The first-order chi connectivity index (χ1) is 22.6. The number of hydrogen-bond donors (Lipinski definition) is 4. The van der Waals surface area contributed by atoms with Crippen molar-refractivity contribution in [1.82, 2.24) is 14.7 Å². The van der Waals surface area contributed by atoms with E-state index in [0.717, 1.165) is 22.5 Å². The average molecular weight is 712 g/mol. The summed E-state index contributed by atoms with van der Waals surface area (Å²) < 4.78 is -1.34. The van der Waals surface area contributed by atoms with Gasteiger partial charge in [0.1, 0.15) is 22.9 Å². The standard InChI is InChI=1S/C32H33N5O6S4/c1-17-22(40)13-44-45-30(17,15-38)25(41)36-12-11-28(18-7-3-5-9-20(18)33-23(28)36)29-14-31-26(42)35(2)32(16-39,47-46-31)27(43)37(31)24(29)34-21-10-6-4-8-19(21)29/h3-10,17,23-24,33-34,38-39H,11-16H2,1-2H3. The zero-order chi connectivity index (χ0) is 32.7. The molecule has 4 N–H and O–H groups in total. The normalized spacial score (nSPS) is 40.9. The van der Waals surface area contributed by atoms with Crippen molar-refractivity contribution >= 4 is 78.1 Å². The summed E-state index contributed by atoms with van der Waals surface area (Å²) in [7, 11) is 6.80. The van der Waals surface area contributed by atoms with Crippen LogP contribution in [-0.4, -0.2) is 108 Å². The molecule has 8 aliphatic rings. The molecule has 2 aromatic rings. The molecule has 0 saturated carbocycles. The maximum Gasteiger partial charge on any atom is 0.265 e. The van der Waals surface area contributed by atoms with Crippen LogP contribution in [0, 0.1) is 5.92 Å². The quantitative estimate of drug-likeness (QED) is 0.346. The maximum absolute atomic E-state index is 14.9. The predicted octanol–water partition coefficient (Wildman–Crippen LogP) is 2.41. The highest BCUT2D eigenvalue weighted by molar-refractivity contribution is 8.78. The summed E-state index contributed by atoms with van der Waals surface area (Å²) in [6.07, 6.45) is -0.431. The maximum atomic E-state index is 14.9. The van der Waals surface area contributed by atoms with Crippen LogP contribution in [-0.2, 0) is 30.0 Å². The number of anilines is 2. The van der Waals surface area contributed by atoms with Crippen LogP contribution in [0.2, 0.25) is 0 Å². The molecular weight excluding hydrogens is 679 g/mol. The van der Waals surface area contributed by atoms with E-state index in [-0.39, 0.29) is 29.3 Å². The van der Waals surface area contributed by atoms with E-state index in [1.165, 1.54) is 48.1 Å². The van der Waals surface area contributed by atoms with E-state index in [9.17, 15) is 29.4 Å². The molecule has 0 aliphatic carbocycles. The number of hydrogen-bond acceptors (Lipinski definition) is 12. The molecule has 8 heterocycles. The SMILES string of the molecule is CC1C(=O)CSSC1(CO)C(=O)N1CCC2(C34CC56SSC(CO)(C(=O)N5C3Nc3ccccc34)N(C)C6=O)c3ccccc3NC12. The highest BCUT2D eigenvalue weighted by Gasteiger charge is 2.83. The lowest BCUT2D eigenvalue weighted by Gasteiger charge is -2.57. The predicted molar refractivity (Wildman–Crippen MR) is 183 cm³/mol. The molecule has 8 unspecified atom stereocenters. The number of amides is 3. The Morgan fingerprint density at radius 3 is 2.23 bits per heavy atom. The number of carbonyl (C=O) groups excluding carboxylic acids is 4.